The van der Waals surface area contributed by atoms with Crippen molar-refractivity contribution in [2.24, 2.45) is 10.8 Å². The first-order valence-corrected chi connectivity index (χ1v) is 10.8. The van der Waals surface area contributed by atoms with Gasteiger partial charge in [-0.2, -0.15) is 0 Å². The number of nitrogens with one attached hydrogen (secondary N) is 1. The molecule has 0 spiro atoms. The van der Waals surface area contributed by atoms with Crippen LogP contribution in [0.1, 0.15) is 50.0 Å². The van der Waals surface area contributed by atoms with E-state index in [1.807, 2.05) is 0 Å². The van der Waals surface area contributed by atoms with Crippen molar-refractivity contribution in [2.75, 3.05) is 39.9 Å². The van der Waals surface area contributed by atoms with Gasteiger partial charge in [0.1, 0.15) is 0 Å². The van der Waals surface area contributed by atoms with Crippen molar-refractivity contribution < 1.29 is 14.6 Å². The van der Waals surface area contributed by atoms with Crippen molar-refractivity contribution in [1.29, 1.82) is 0 Å². The summed E-state index contributed by atoms with van der Waals surface area (Å²) in [5.41, 5.74) is 1.14. The van der Waals surface area contributed by atoms with Gasteiger partial charge in [0.2, 0.25) is 0 Å². The van der Waals surface area contributed by atoms with E-state index in [0.717, 1.165) is 64.9 Å². The number of carboxylic acid groups (broad SMARTS) is 1. The van der Waals surface area contributed by atoms with Crippen LogP contribution in [0.25, 0.3) is 0 Å². The number of likely N-dealkylation sites (tertiary alicyclic amines) is 1. The van der Waals surface area contributed by atoms with Gasteiger partial charge in [-0.25, -0.2) is 0 Å². The van der Waals surface area contributed by atoms with E-state index in [0.29, 0.717) is 12.0 Å². The van der Waals surface area contributed by atoms with E-state index in [9.17, 15) is 9.90 Å². The van der Waals surface area contributed by atoms with Crippen LogP contribution in [0.5, 0.6) is 0 Å². The van der Waals surface area contributed by atoms with Gasteiger partial charge in [0.25, 0.3) is 0 Å². The number of ether oxygens (including phenoxy) is 1. The summed E-state index contributed by atoms with van der Waals surface area (Å²) in [6.07, 6.45) is 6.11. The molecule has 0 unspecified atom stereocenters. The molecule has 1 aromatic carbocycles. The number of hydrogen-bond acceptors (Lipinski definition) is 4. The van der Waals surface area contributed by atoms with E-state index in [2.05, 4.69) is 40.5 Å². The highest BCUT2D eigenvalue weighted by Gasteiger charge is 2.47. The Labute approximate surface area is 168 Å². The number of hydrogen-bond donors (Lipinski definition) is 2. The van der Waals surface area contributed by atoms with Gasteiger partial charge in [-0.3, -0.25) is 4.79 Å². The number of carboxylic acids is 1. The molecule has 0 amide bonds. The van der Waals surface area contributed by atoms with Gasteiger partial charge >= 0.3 is 5.97 Å². The summed E-state index contributed by atoms with van der Waals surface area (Å²) in [5, 5.41) is 13.4. The lowest BCUT2D eigenvalue weighted by Gasteiger charge is -2.46. The second kappa shape index (κ2) is 8.13. The fourth-order valence-electron chi connectivity index (χ4n) is 5.17. The Morgan fingerprint density at radius 2 is 1.93 bits per heavy atom. The molecule has 5 heteroatoms. The van der Waals surface area contributed by atoms with Gasteiger partial charge in [-0.05, 0) is 50.8 Å². The van der Waals surface area contributed by atoms with Crippen LogP contribution in [0.15, 0.2) is 30.3 Å². The van der Waals surface area contributed by atoms with Crippen LogP contribution in [-0.2, 0) is 9.53 Å². The van der Waals surface area contributed by atoms with Gasteiger partial charge < -0.3 is 20.1 Å². The predicted octanol–water partition coefficient (Wildman–Crippen LogP) is 3.12. The molecule has 2 aliphatic carbocycles. The monoisotopic (exact) mass is 386 g/mol. The number of nitrogens with zero attached hydrogens (tertiary/aromatic N) is 1. The summed E-state index contributed by atoms with van der Waals surface area (Å²) in [4.78, 5) is 14.1. The largest absolute Gasteiger partial charge is 0.481 e. The maximum absolute atomic E-state index is 11.7. The van der Waals surface area contributed by atoms with E-state index in [1.165, 1.54) is 12.0 Å². The van der Waals surface area contributed by atoms with Crippen molar-refractivity contribution in [3.8, 4) is 0 Å². The third-order valence-electron chi connectivity index (χ3n) is 7.42. The molecular weight excluding hydrogens is 352 g/mol. The Morgan fingerprint density at radius 1 is 1.21 bits per heavy atom. The van der Waals surface area contributed by atoms with Crippen molar-refractivity contribution in [3.63, 3.8) is 0 Å². The Kier molecular flexibility index (Phi) is 5.77. The highest BCUT2D eigenvalue weighted by atomic mass is 16.5. The molecule has 0 aromatic heterocycles. The second-order valence-corrected chi connectivity index (χ2v) is 9.39. The minimum atomic E-state index is -0.602. The summed E-state index contributed by atoms with van der Waals surface area (Å²) in [6.45, 7) is 4.45. The standard InChI is InChI=1S/C23H34N2O3/c1-28-17-22(15-24-20-14-19(20)18-6-3-2-4-7-18)10-12-25(13-11-22)16-23(21(26)27)8-5-9-23/h2-4,6-7,19-20,24H,5,8-17H2,1H3,(H,26,27)/t19-,20+/m0/s1. The minimum Gasteiger partial charge on any atom is -0.481 e. The summed E-state index contributed by atoms with van der Waals surface area (Å²) in [7, 11) is 1.80. The topological polar surface area (TPSA) is 61.8 Å². The minimum absolute atomic E-state index is 0.172. The van der Waals surface area contributed by atoms with E-state index >= 15 is 0 Å². The molecule has 0 radical (unpaired) electrons. The number of aliphatic carboxylic acids is 1. The van der Waals surface area contributed by atoms with Gasteiger partial charge in [-0.1, -0.05) is 36.8 Å². The summed E-state index contributed by atoms with van der Waals surface area (Å²) in [5.74, 6) is 0.0461. The van der Waals surface area contributed by atoms with Gasteiger partial charge in [-0.15, -0.1) is 0 Å². The van der Waals surface area contributed by atoms with Gasteiger partial charge in [0.05, 0.1) is 12.0 Å². The lowest BCUT2D eigenvalue weighted by Crippen LogP contribution is -2.53. The van der Waals surface area contributed by atoms with Crippen molar-refractivity contribution in [2.45, 2.75) is 50.5 Å². The molecule has 154 valence electrons. The number of benzene rings is 1. The molecule has 28 heavy (non-hydrogen) atoms. The average molecular weight is 387 g/mol. The molecule has 1 aliphatic heterocycles. The fraction of sp³-hybridized carbons (Fsp3) is 0.696. The van der Waals surface area contributed by atoms with Gasteiger partial charge in [0.15, 0.2) is 0 Å². The predicted molar refractivity (Wildman–Crippen MR) is 109 cm³/mol. The van der Waals surface area contributed by atoms with Crippen LogP contribution in [0.2, 0.25) is 0 Å². The lowest BCUT2D eigenvalue weighted by atomic mass is 9.68. The summed E-state index contributed by atoms with van der Waals surface area (Å²) in [6, 6.07) is 11.4. The molecule has 2 saturated carbocycles. The summed E-state index contributed by atoms with van der Waals surface area (Å²) >= 11 is 0. The SMILES string of the molecule is COCC1(CN[C@@H]2C[C@H]2c2ccccc2)CCN(CC2(C(=O)O)CCC2)CC1. The first-order chi connectivity index (χ1) is 13.6. The molecule has 2 atom stereocenters. The second-order valence-electron chi connectivity index (χ2n) is 9.39. The highest BCUT2D eigenvalue weighted by molar-refractivity contribution is 5.76. The smallest absolute Gasteiger partial charge is 0.310 e. The quantitative estimate of drug-likeness (QED) is 0.683. The molecule has 1 saturated heterocycles. The Bertz CT molecular complexity index is 666. The van der Waals surface area contributed by atoms with Crippen LogP contribution >= 0.6 is 0 Å². The van der Waals surface area contributed by atoms with E-state index in [-0.39, 0.29) is 5.41 Å². The van der Waals surface area contributed by atoms with Crippen LogP contribution in [0.3, 0.4) is 0 Å². The van der Waals surface area contributed by atoms with Gasteiger partial charge in [0, 0.05) is 37.6 Å². The normalized spacial score (nSPS) is 28.5. The Balaban J connectivity index is 1.28. The maximum Gasteiger partial charge on any atom is 0.310 e. The molecule has 0 bridgehead atoms. The lowest BCUT2D eigenvalue weighted by molar-refractivity contribution is -0.157. The molecular formula is C23H34N2O3. The zero-order valence-corrected chi connectivity index (χ0v) is 17.0. The Morgan fingerprint density at radius 3 is 2.50 bits per heavy atom. The maximum atomic E-state index is 11.7. The fourth-order valence-corrected chi connectivity index (χ4v) is 5.17. The molecule has 3 fully saturated rings. The van der Waals surface area contributed by atoms with Crippen LogP contribution in [0.4, 0.5) is 0 Å². The van der Waals surface area contributed by atoms with Crippen molar-refractivity contribution >= 4 is 5.97 Å². The third kappa shape index (κ3) is 4.12. The van der Waals surface area contributed by atoms with Crippen molar-refractivity contribution in [3.05, 3.63) is 35.9 Å². The first kappa shape index (κ1) is 19.9. The first-order valence-electron chi connectivity index (χ1n) is 10.8. The molecule has 2 N–H and O–H groups in total. The number of methoxy groups -OCH3 is 1. The Hall–Kier alpha value is -1.43. The van der Waals surface area contributed by atoms with E-state index < -0.39 is 11.4 Å². The van der Waals surface area contributed by atoms with E-state index in [4.69, 9.17) is 4.74 Å². The third-order valence-corrected chi connectivity index (χ3v) is 7.42. The van der Waals surface area contributed by atoms with Crippen molar-refractivity contribution in [1.82, 2.24) is 10.2 Å². The average Bonchev–Trinajstić information content (AvgIpc) is 3.45. The molecule has 5 nitrogen and oxygen atoms in total. The van der Waals surface area contributed by atoms with Crippen LogP contribution in [-0.4, -0.2) is 61.9 Å². The van der Waals surface area contributed by atoms with Crippen LogP contribution in [0, 0.1) is 10.8 Å². The molecule has 3 aliphatic rings. The van der Waals surface area contributed by atoms with E-state index in [1.54, 1.807) is 7.11 Å². The van der Waals surface area contributed by atoms with Crippen LogP contribution < -0.4 is 5.32 Å². The number of rotatable bonds is 9. The highest BCUT2D eigenvalue weighted by Crippen LogP contribution is 2.44. The molecule has 1 aromatic rings. The molecule has 4 rings (SSSR count). The zero-order chi connectivity index (χ0) is 19.6. The molecule has 1 heterocycles. The zero-order valence-electron chi connectivity index (χ0n) is 17.0. The number of piperidine rings is 1. The summed E-state index contributed by atoms with van der Waals surface area (Å²) < 4.78 is 5.60. The number of carbonyl (C=O) groups is 1.